The van der Waals surface area contributed by atoms with E-state index >= 15 is 0 Å². The topological polar surface area (TPSA) is 71.1 Å². The van der Waals surface area contributed by atoms with Crippen molar-refractivity contribution >= 4 is 46.0 Å². The van der Waals surface area contributed by atoms with Gasteiger partial charge in [0.1, 0.15) is 5.70 Å². The average Bonchev–Trinajstić information content (AvgIpc) is 3.16. The van der Waals surface area contributed by atoms with Crippen molar-refractivity contribution in [3.8, 4) is 0 Å². The quantitative estimate of drug-likeness (QED) is 0.648. The van der Waals surface area contributed by atoms with Crippen molar-refractivity contribution in [1.29, 1.82) is 0 Å². The number of aromatic nitrogens is 1. The maximum Gasteiger partial charge on any atom is 0.273 e. The molecule has 0 saturated heterocycles. The largest absolute Gasteiger partial charge is 0.317 e. The summed E-state index contributed by atoms with van der Waals surface area (Å²) in [5.41, 5.74) is 1.29. The highest BCUT2D eigenvalue weighted by Gasteiger charge is 2.15. The van der Waals surface area contributed by atoms with Gasteiger partial charge in [0.2, 0.25) is 0 Å². The molecule has 0 saturated carbocycles. The van der Waals surface area contributed by atoms with Crippen LogP contribution in [0.5, 0.6) is 0 Å². The number of anilines is 1. The number of nitrogens with one attached hydrogen (secondary N) is 2. The van der Waals surface area contributed by atoms with Gasteiger partial charge < -0.3 is 5.32 Å². The lowest BCUT2D eigenvalue weighted by atomic mass is 10.1. The van der Waals surface area contributed by atoms with Crippen molar-refractivity contribution < 1.29 is 9.59 Å². The zero-order valence-electron chi connectivity index (χ0n) is 13.5. The van der Waals surface area contributed by atoms with Crippen LogP contribution in [-0.2, 0) is 4.79 Å². The Morgan fingerprint density at radius 1 is 1.04 bits per heavy atom. The summed E-state index contributed by atoms with van der Waals surface area (Å²) in [6.07, 6.45) is 3.17. The number of thiazole rings is 1. The van der Waals surface area contributed by atoms with E-state index in [2.05, 4.69) is 15.6 Å². The standard InChI is InChI=1S/C19H14ClN3O2S/c20-15-8-6-13(7-9-15)12-16(18(25)23-19-21-10-11-26-19)22-17(24)14-4-2-1-3-5-14/h1-12H,(H,22,24)(H,21,23,25)/b16-12+. The van der Waals surface area contributed by atoms with Crippen LogP contribution in [0.4, 0.5) is 5.13 Å². The van der Waals surface area contributed by atoms with E-state index < -0.39 is 5.91 Å². The highest BCUT2D eigenvalue weighted by Crippen LogP contribution is 2.15. The molecule has 2 N–H and O–H groups in total. The summed E-state index contributed by atoms with van der Waals surface area (Å²) in [5.74, 6) is -0.834. The van der Waals surface area contributed by atoms with Gasteiger partial charge in [-0.15, -0.1) is 11.3 Å². The molecule has 0 atom stereocenters. The summed E-state index contributed by atoms with van der Waals surface area (Å²) < 4.78 is 0. The molecule has 26 heavy (non-hydrogen) atoms. The Balaban J connectivity index is 1.86. The number of nitrogens with zero attached hydrogens (tertiary/aromatic N) is 1. The minimum atomic E-state index is -0.459. The first-order valence-corrected chi connectivity index (χ1v) is 8.92. The van der Waals surface area contributed by atoms with Crippen LogP contribution < -0.4 is 10.6 Å². The van der Waals surface area contributed by atoms with Crippen LogP contribution in [0.25, 0.3) is 6.08 Å². The van der Waals surface area contributed by atoms with E-state index in [1.54, 1.807) is 66.2 Å². The molecule has 0 spiro atoms. The van der Waals surface area contributed by atoms with E-state index in [0.29, 0.717) is 15.7 Å². The van der Waals surface area contributed by atoms with Crippen LogP contribution in [0, 0.1) is 0 Å². The summed E-state index contributed by atoms with van der Waals surface area (Å²) in [6, 6.07) is 15.6. The first-order chi connectivity index (χ1) is 12.6. The number of amides is 2. The normalized spacial score (nSPS) is 11.0. The molecule has 2 amide bonds. The molecular weight excluding hydrogens is 370 g/mol. The van der Waals surface area contributed by atoms with Crippen molar-refractivity contribution in [3.63, 3.8) is 0 Å². The highest BCUT2D eigenvalue weighted by molar-refractivity contribution is 7.13. The summed E-state index contributed by atoms with van der Waals surface area (Å²) in [7, 11) is 0. The molecule has 130 valence electrons. The lowest BCUT2D eigenvalue weighted by Crippen LogP contribution is -2.30. The average molecular weight is 384 g/mol. The van der Waals surface area contributed by atoms with Crippen LogP contribution in [-0.4, -0.2) is 16.8 Å². The van der Waals surface area contributed by atoms with Crippen molar-refractivity contribution in [1.82, 2.24) is 10.3 Å². The summed E-state index contributed by atoms with van der Waals surface area (Å²) in [5, 5.41) is 8.12. The van der Waals surface area contributed by atoms with Gasteiger partial charge in [-0.25, -0.2) is 4.98 Å². The zero-order chi connectivity index (χ0) is 18.4. The molecule has 7 heteroatoms. The zero-order valence-corrected chi connectivity index (χ0v) is 15.1. The van der Waals surface area contributed by atoms with Crippen molar-refractivity contribution in [2.24, 2.45) is 0 Å². The van der Waals surface area contributed by atoms with Crippen LogP contribution in [0.3, 0.4) is 0 Å². The fourth-order valence-electron chi connectivity index (χ4n) is 2.12. The lowest BCUT2D eigenvalue weighted by molar-refractivity contribution is -0.113. The van der Waals surface area contributed by atoms with Crippen molar-refractivity contribution in [2.75, 3.05) is 5.32 Å². The predicted molar refractivity (Wildman–Crippen MR) is 104 cm³/mol. The van der Waals surface area contributed by atoms with E-state index in [1.807, 2.05) is 6.07 Å². The molecule has 0 aliphatic heterocycles. The van der Waals surface area contributed by atoms with Gasteiger partial charge in [-0.1, -0.05) is 41.9 Å². The van der Waals surface area contributed by atoms with E-state index in [0.717, 1.165) is 5.56 Å². The maximum absolute atomic E-state index is 12.6. The molecular formula is C19H14ClN3O2S. The van der Waals surface area contributed by atoms with Gasteiger partial charge in [0, 0.05) is 22.2 Å². The third-order valence-electron chi connectivity index (χ3n) is 3.36. The van der Waals surface area contributed by atoms with Crippen molar-refractivity contribution in [3.05, 3.63) is 88.0 Å². The number of halogens is 1. The molecule has 5 nitrogen and oxygen atoms in total. The monoisotopic (exact) mass is 383 g/mol. The third kappa shape index (κ3) is 4.78. The number of benzene rings is 2. The van der Waals surface area contributed by atoms with Crippen molar-refractivity contribution in [2.45, 2.75) is 0 Å². The molecule has 0 aliphatic carbocycles. The number of carbonyl (C=O) groups excluding carboxylic acids is 2. The second-order valence-corrected chi connectivity index (χ2v) is 6.55. The van der Waals surface area contributed by atoms with Crippen LogP contribution in [0.1, 0.15) is 15.9 Å². The van der Waals surface area contributed by atoms with Gasteiger partial charge >= 0.3 is 0 Å². The second-order valence-electron chi connectivity index (χ2n) is 5.22. The fraction of sp³-hybridized carbons (Fsp3) is 0. The van der Waals surface area contributed by atoms with E-state index in [-0.39, 0.29) is 11.6 Å². The SMILES string of the molecule is O=C(Nc1nccs1)/C(=C\c1ccc(Cl)cc1)NC(=O)c1ccccc1. The molecule has 0 fully saturated rings. The Morgan fingerprint density at radius 3 is 2.42 bits per heavy atom. The molecule has 3 rings (SSSR count). The Kier molecular flexibility index (Phi) is 5.78. The molecule has 0 radical (unpaired) electrons. The van der Waals surface area contributed by atoms with Gasteiger partial charge in [0.05, 0.1) is 0 Å². The molecule has 3 aromatic rings. The maximum atomic E-state index is 12.6. The van der Waals surface area contributed by atoms with Crippen LogP contribution >= 0.6 is 22.9 Å². The molecule has 0 bridgehead atoms. The molecule has 1 heterocycles. The Hall–Kier alpha value is -2.96. The first kappa shape index (κ1) is 17.8. The van der Waals surface area contributed by atoms with E-state index in [1.165, 1.54) is 11.3 Å². The van der Waals surface area contributed by atoms with Crippen LogP contribution in [0.2, 0.25) is 5.02 Å². The van der Waals surface area contributed by atoms with Gasteiger partial charge in [-0.05, 0) is 35.9 Å². The molecule has 2 aromatic carbocycles. The van der Waals surface area contributed by atoms with Crippen LogP contribution in [0.15, 0.2) is 71.9 Å². The number of carbonyl (C=O) groups is 2. The summed E-state index contributed by atoms with van der Waals surface area (Å²) in [4.78, 5) is 29.1. The van der Waals surface area contributed by atoms with E-state index in [9.17, 15) is 9.59 Å². The Bertz CT molecular complexity index is 923. The molecule has 1 aromatic heterocycles. The lowest BCUT2D eigenvalue weighted by Gasteiger charge is -2.10. The minimum absolute atomic E-state index is 0.108. The third-order valence-corrected chi connectivity index (χ3v) is 4.30. The van der Waals surface area contributed by atoms with Gasteiger partial charge in [0.25, 0.3) is 11.8 Å². The molecule has 0 aliphatic rings. The minimum Gasteiger partial charge on any atom is -0.317 e. The second kappa shape index (κ2) is 8.42. The number of rotatable bonds is 5. The smallest absolute Gasteiger partial charge is 0.273 e. The first-order valence-electron chi connectivity index (χ1n) is 7.66. The van der Waals surface area contributed by atoms with E-state index in [4.69, 9.17) is 11.6 Å². The van der Waals surface area contributed by atoms with Gasteiger partial charge in [-0.3, -0.25) is 14.9 Å². The van der Waals surface area contributed by atoms with Gasteiger partial charge in [0.15, 0.2) is 5.13 Å². The summed E-state index contributed by atoms with van der Waals surface area (Å²) in [6.45, 7) is 0. The molecule has 0 unspecified atom stereocenters. The Labute approximate surface area is 159 Å². The number of hydrogen-bond donors (Lipinski definition) is 2. The summed E-state index contributed by atoms with van der Waals surface area (Å²) >= 11 is 7.19. The predicted octanol–water partition coefficient (Wildman–Crippen LogP) is 4.21. The highest BCUT2D eigenvalue weighted by atomic mass is 35.5. The van der Waals surface area contributed by atoms with Gasteiger partial charge in [-0.2, -0.15) is 0 Å². The fourth-order valence-corrected chi connectivity index (χ4v) is 2.77. The number of hydrogen-bond acceptors (Lipinski definition) is 4. The Morgan fingerprint density at radius 2 is 1.77 bits per heavy atom.